The highest BCUT2D eigenvalue weighted by molar-refractivity contribution is 4.67. The lowest BCUT2D eigenvalue weighted by Gasteiger charge is -2.27. The zero-order valence-corrected chi connectivity index (χ0v) is 10.9. The molecule has 1 rings (SSSR count). The molecule has 3 nitrogen and oxygen atoms in total. The minimum Gasteiger partial charge on any atom is -0.317 e. The molecule has 0 aliphatic carbocycles. The first-order valence-corrected chi connectivity index (χ1v) is 7.07. The molecule has 0 saturated carbocycles. The van der Waals surface area contributed by atoms with Crippen molar-refractivity contribution in [3.8, 4) is 0 Å². The molecule has 96 valence electrons. The average molecular weight is 227 g/mol. The number of hydrogen-bond acceptors (Lipinski definition) is 3. The third kappa shape index (κ3) is 7.20. The van der Waals surface area contributed by atoms with Crippen molar-refractivity contribution in [2.24, 2.45) is 0 Å². The van der Waals surface area contributed by atoms with Gasteiger partial charge in [0.05, 0.1) is 0 Å². The highest BCUT2D eigenvalue weighted by Crippen LogP contribution is 1.97. The Morgan fingerprint density at radius 2 is 1.75 bits per heavy atom. The van der Waals surface area contributed by atoms with Gasteiger partial charge >= 0.3 is 0 Å². The number of piperazine rings is 1. The maximum Gasteiger partial charge on any atom is 0.0107 e. The van der Waals surface area contributed by atoms with E-state index in [9.17, 15) is 0 Å². The Kier molecular flexibility index (Phi) is 8.77. The molecule has 1 heterocycles. The number of nitrogens with one attached hydrogen (secondary N) is 2. The summed E-state index contributed by atoms with van der Waals surface area (Å²) in [5, 5.41) is 6.93. The van der Waals surface area contributed by atoms with Crippen molar-refractivity contribution in [3.05, 3.63) is 0 Å². The summed E-state index contributed by atoms with van der Waals surface area (Å²) in [7, 11) is 0. The molecular weight excluding hydrogens is 198 g/mol. The van der Waals surface area contributed by atoms with E-state index in [1.54, 1.807) is 0 Å². The first-order chi connectivity index (χ1) is 7.93. The van der Waals surface area contributed by atoms with Crippen molar-refractivity contribution in [1.82, 2.24) is 15.5 Å². The van der Waals surface area contributed by atoms with Crippen LogP contribution in [0.25, 0.3) is 0 Å². The molecule has 0 amide bonds. The van der Waals surface area contributed by atoms with Gasteiger partial charge in [-0.25, -0.2) is 0 Å². The number of nitrogens with zero attached hydrogens (tertiary/aromatic N) is 1. The molecule has 0 radical (unpaired) electrons. The van der Waals surface area contributed by atoms with Crippen molar-refractivity contribution < 1.29 is 0 Å². The molecule has 0 unspecified atom stereocenters. The van der Waals surface area contributed by atoms with Crippen molar-refractivity contribution in [1.29, 1.82) is 0 Å². The highest BCUT2D eigenvalue weighted by atomic mass is 15.2. The van der Waals surface area contributed by atoms with E-state index in [0.717, 1.165) is 0 Å². The Bertz CT molecular complexity index is 144. The summed E-state index contributed by atoms with van der Waals surface area (Å²) >= 11 is 0. The summed E-state index contributed by atoms with van der Waals surface area (Å²) in [6.45, 7) is 10.7. The zero-order chi connectivity index (χ0) is 11.5. The van der Waals surface area contributed by atoms with Gasteiger partial charge in [-0.3, -0.25) is 0 Å². The molecule has 3 heteroatoms. The van der Waals surface area contributed by atoms with E-state index in [0.29, 0.717) is 0 Å². The number of hydrogen-bond donors (Lipinski definition) is 2. The first-order valence-electron chi connectivity index (χ1n) is 7.07. The Morgan fingerprint density at radius 3 is 2.50 bits per heavy atom. The maximum atomic E-state index is 3.54. The van der Waals surface area contributed by atoms with Crippen molar-refractivity contribution in [2.45, 2.75) is 39.0 Å². The van der Waals surface area contributed by atoms with Gasteiger partial charge in [-0.05, 0) is 32.5 Å². The fraction of sp³-hybridized carbons (Fsp3) is 1.00. The maximum absolute atomic E-state index is 3.54. The lowest BCUT2D eigenvalue weighted by Crippen LogP contribution is -2.44. The highest BCUT2D eigenvalue weighted by Gasteiger charge is 2.07. The molecule has 0 aromatic carbocycles. The van der Waals surface area contributed by atoms with E-state index in [4.69, 9.17) is 0 Å². The zero-order valence-electron chi connectivity index (χ0n) is 10.9. The molecular formula is C13H29N3. The minimum atomic E-state index is 1.17. The van der Waals surface area contributed by atoms with Crippen LogP contribution in [0, 0.1) is 0 Å². The van der Waals surface area contributed by atoms with E-state index in [2.05, 4.69) is 22.5 Å². The van der Waals surface area contributed by atoms with Gasteiger partial charge in [-0.15, -0.1) is 0 Å². The van der Waals surface area contributed by atoms with Crippen LogP contribution < -0.4 is 10.6 Å². The molecule has 1 fully saturated rings. The minimum absolute atomic E-state index is 1.17. The van der Waals surface area contributed by atoms with E-state index in [1.165, 1.54) is 77.9 Å². The van der Waals surface area contributed by atoms with Crippen LogP contribution in [0.3, 0.4) is 0 Å². The largest absolute Gasteiger partial charge is 0.317 e. The van der Waals surface area contributed by atoms with Crippen molar-refractivity contribution in [2.75, 3.05) is 45.8 Å². The number of unbranched alkanes of at least 4 members (excludes halogenated alkanes) is 3. The molecule has 0 bridgehead atoms. The normalized spacial score (nSPS) is 17.8. The first kappa shape index (κ1) is 13.9. The second kappa shape index (κ2) is 10.1. The Morgan fingerprint density at radius 1 is 1.00 bits per heavy atom. The summed E-state index contributed by atoms with van der Waals surface area (Å²) in [4.78, 5) is 2.56. The summed E-state index contributed by atoms with van der Waals surface area (Å²) in [5.74, 6) is 0. The number of rotatable bonds is 9. The fourth-order valence-corrected chi connectivity index (χ4v) is 2.16. The molecule has 2 N–H and O–H groups in total. The van der Waals surface area contributed by atoms with Gasteiger partial charge < -0.3 is 15.5 Å². The van der Waals surface area contributed by atoms with E-state index in [-0.39, 0.29) is 0 Å². The molecule has 0 spiro atoms. The average Bonchev–Trinajstić information content (AvgIpc) is 2.34. The van der Waals surface area contributed by atoms with Crippen LogP contribution in [-0.4, -0.2) is 50.7 Å². The third-order valence-electron chi connectivity index (χ3n) is 3.24. The molecule has 0 atom stereocenters. The predicted molar refractivity (Wildman–Crippen MR) is 70.9 cm³/mol. The quantitative estimate of drug-likeness (QED) is 0.584. The summed E-state index contributed by atoms with van der Waals surface area (Å²) in [5.41, 5.74) is 0. The molecule has 1 aliphatic rings. The van der Waals surface area contributed by atoms with Gasteiger partial charge in [0, 0.05) is 26.2 Å². The van der Waals surface area contributed by atoms with E-state index >= 15 is 0 Å². The topological polar surface area (TPSA) is 27.3 Å². The third-order valence-corrected chi connectivity index (χ3v) is 3.24. The van der Waals surface area contributed by atoms with Crippen LogP contribution in [-0.2, 0) is 0 Å². The van der Waals surface area contributed by atoms with Crippen molar-refractivity contribution >= 4 is 0 Å². The SMILES string of the molecule is CCCCCCNCCCN1CCNCC1. The Balaban J connectivity index is 1.77. The monoisotopic (exact) mass is 227 g/mol. The Labute approximate surface area is 101 Å². The summed E-state index contributed by atoms with van der Waals surface area (Å²) < 4.78 is 0. The van der Waals surface area contributed by atoms with Crippen LogP contribution >= 0.6 is 0 Å². The molecule has 0 aromatic rings. The summed E-state index contributed by atoms with van der Waals surface area (Å²) in [6.07, 6.45) is 6.77. The molecule has 1 saturated heterocycles. The smallest absolute Gasteiger partial charge is 0.0107 e. The molecule has 1 aliphatic heterocycles. The van der Waals surface area contributed by atoms with Gasteiger partial charge in [0.15, 0.2) is 0 Å². The van der Waals surface area contributed by atoms with Crippen LogP contribution in [0.4, 0.5) is 0 Å². The van der Waals surface area contributed by atoms with Crippen LogP contribution in [0.2, 0.25) is 0 Å². The van der Waals surface area contributed by atoms with E-state index < -0.39 is 0 Å². The van der Waals surface area contributed by atoms with E-state index in [1.807, 2.05) is 0 Å². The lowest BCUT2D eigenvalue weighted by molar-refractivity contribution is 0.237. The van der Waals surface area contributed by atoms with Crippen LogP contribution in [0.5, 0.6) is 0 Å². The van der Waals surface area contributed by atoms with Gasteiger partial charge in [-0.2, -0.15) is 0 Å². The molecule has 0 aromatic heterocycles. The second-order valence-electron chi connectivity index (χ2n) is 4.76. The van der Waals surface area contributed by atoms with Gasteiger partial charge in [-0.1, -0.05) is 26.2 Å². The van der Waals surface area contributed by atoms with Crippen molar-refractivity contribution in [3.63, 3.8) is 0 Å². The van der Waals surface area contributed by atoms with Gasteiger partial charge in [0.1, 0.15) is 0 Å². The summed E-state index contributed by atoms with van der Waals surface area (Å²) in [6, 6.07) is 0. The van der Waals surface area contributed by atoms with Gasteiger partial charge in [0.2, 0.25) is 0 Å². The van der Waals surface area contributed by atoms with Crippen LogP contribution in [0.1, 0.15) is 39.0 Å². The second-order valence-corrected chi connectivity index (χ2v) is 4.76. The fourth-order valence-electron chi connectivity index (χ4n) is 2.16. The Hall–Kier alpha value is -0.120. The molecule has 16 heavy (non-hydrogen) atoms. The predicted octanol–water partition coefficient (Wildman–Crippen LogP) is 1.45. The standard InChI is InChI=1S/C13H29N3/c1-2-3-4-5-7-14-8-6-11-16-12-9-15-10-13-16/h14-15H,2-13H2,1H3. The van der Waals surface area contributed by atoms with Crippen LogP contribution in [0.15, 0.2) is 0 Å². The van der Waals surface area contributed by atoms with Gasteiger partial charge in [0.25, 0.3) is 0 Å². The lowest BCUT2D eigenvalue weighted by atomic mass is 10.2.